The van der Waals surface area contributed by atoms with Gasteiger partial charge < -0.3 is 10.3 Å². The maximum absolute atomic E-state index is 11.8. The lowest BCUT2D eigenvalue weighted by atomic mass is 10.2. The van der Waals surface area contributed by atoms with E-state index in [9.17, 15) is 9.59 Å². The summed E-state index contributed by atoms with van der Waals surface area (Å²) in [5.74, 6) is 0.192. The number of thioether (sulfide) groups is 1. The van der Waals surface area contributed by atoms with E-state index in [2.05, 4.69) is 15.5 Å². The Balaban J connectivity index is 2.24. The van der Waals surface area contributed by atoms with Crippen molar-refractivity contribution < 1.29 is 9.59 Å². The largest absolute Gasteiger partial charge is 0.351 e. The smallest absolute Gasteiger partial charge is 0.318 e. The number of nitrogens with two attached hydrogens (primary N) is 1. The number of halogens is 1. The number of hydrogen-bond donors (Lipinski definition) is 2. The van der Waals surface area contributed by atoms with Crippen LogP contribution in [0.3, 0.4) is 0 Å². The van der Waals surface area contributed by atoms with Crippen molar-refractivity contribution >= 4 is 35.3 Å². The van der Waals surface area contributed by atoms with Crippen molar-refractivity contribution in [2.45, 2.75) is 30.8 Å². The number of hydrogen-bond acceptors (Lipinski definition) is 5. The molecule has 3 N–H and O–H groups in total. The first-order valence-electron chi connectivity index (χ1n) is 6.88. The molecule has 1 aromatic heterocycles. The number of nitrogens with zero attached hydrogens (tertiary/aromatic N) is 3. The molecular formula is C14H16ClN5O2S. The molecule has 1 aromatic carbocycles. The van der Waals surface area contributed by atoms with E-state index in [0.29, 0.717) is 22.5 Å². The maximum atomic E-state index is 11.8. The molecule has 0 radical (unpaired) electrons. The molecule has 1 atom stereocenters. The minimum atomic E-state index is -0.876. The molecule has 23 heavy (non-hydrogen) atoms. The van der Waals surface area contributed by atoms with Crippen LogP contribution in [0.1, 0.15) is 13.8 Å². The van der Waals surface area contributed by atoms with Crippen LogP contribution in [0.5, 0.6) is 0 Å². The molecule has 0 aliphatic rings. The van der Waals surface area contributed by atoms with Gasteiger partial charge in [0.05, 0.1) is 5.25 Å². The van der Waals surface area contributed by atoms with E-state index in [4.69, 9.17) is 17.3 Å². The highest BCUT2D eigenvalue weighted by Crippen LogP contribution is 2.27. The van der Waals surface area contributed by atoms with Crippen molar-refractivity contribution in [3.8, 4) is 11.4 Å². The molecule has 7 nitrogen and oxygen atoms in total. The van der Waals surface area contributed by atoms with Gasteiger partial charge in [0.15, 0.2) is 11.0 Å². The Bertz CT molecular complexity index is 734. The maximum Gasteiger partial charge on any atom is 0.318 e. The molecule has 2 rings (SSSR count). The highest BCUT2D eigenvalue weighted by Gasteiger charge is 2.21. The second-order valence-electron chi connectivity index (χ2n) is 4.67. The summed E-state index contributed by atoms with van der Waals surface area (Å²) in [7, 11) is 0. The standard InChI is InChI=1S/C14H16ClN5O2S/c1-3-20-11(9-5-4-6-10(15)7-9)18-19-14(20)23-8(2)12(21)17-13(16)22/h4-8H,3H2,1-2H3,(H3,16,17,21,22)/t8-/m0/s1. The zero-order chi connectivity index (χ0) is 17.0. The molecule has 0 aliphatic heterocycles. The molecule has 0 saturated heterocycles. The Morgan fingerprint density at radius 3 is 2.78 bits per heavy atom. The van der Waals surface area contributed by atoms with Gasteiger partial charge in [-0.05, 0) is 26.0 Å². The highest BCUT2D eigenvalue weighted by atomic mass is 35.5. The minimum absolute atomic E-state index is 0.475. The summed E-state index contributed by atoms with van der Waals surface area (Å²) in [6.45, 7) is 4.24. The topological polar surface area (TPSA) is 103 Å². The van der Waals surface area contributed by atoms with Crippen molar-refractivity contribution in [2.24, 2.45) is 5.73 Å². The van der Waals surface area contributed by atoms with E-state index in [1.807, 2.05) is 23.6 Å². The second kappa shape index (κ2) is 7.47. The summed E-state index contributed by atoms with van der Waals surface area (Å²) in [6.07, 6.45) is 0. The summed E-state index contributed by atoms with van der Waals surface area (Å²) in [6, 6.07) is 6.43. The predicted octanol–water partition coefficient (Wildman–Crippen LogP) is 2.29. The van der Waals surface area contributed by atoms with Crippen molar-refractivity contribution in [1.82, 2.24) is 20.1 Å². The Morgan fingerprint density at radius 2 is 2.17 bits per heavy atom. The van der Waals surface area contributed by atoms with Crippen molar-refractivity contribution in [1.29, 1.82) is 0 Å². The normalized spacial score (nSPS) is 12.0. The lowest BCUT2D eigenvalue weighted by Gasteiger charge is -2.11. The number of carbonyl (C=O) groups excluding carboxylic acids is 2. The summed E-state index contributed by atoms with van der Waals surface area (Å²) >= 11 is 7.21. The molecule has 0 aliphatic carbocycles. The first-order valence-corrected chi connectivity index (χ1v) is 8.14. The second-order valence-corrected chi connectivity index (χ2v) is 6.42. The van der Waals surface area contributed by atoms with Gasteiger partial charge in [0.2, 0.25) is 5.91 Å². The number of carbonyl (C=O) groups is 2. The third kappa shape index (κ3) is 4.23. The van der Waals surface area contributed by atoms with Crippen LogP contribution in [0.4, 0.5) is 4.79 Å². The molecule has 9 heteroatoms. The molecule has 0 unspecified atom stereocenters. The fourth-order valence-corrected chi connectivity index (χ4v) is 3.04. The van der Waals surface area contributed by atoms with Gasteiger partial charge in [-0.15, -0.1) is 10.2 Å². The van der Waals surface area contributed by atoms with E-state index in [0.717, 1.165) is 5.56 Å². The van der Waals surface area contributed by atoms with Gasteiger partial charge in [0, 0.05) is 17.1 Å². The number of nitrogens with one attached hydrogen (secondary N) is 1. The summed E-state index contributed by atoms with van der Waals surface area (Å²) in [5.41, 5.74) is 5.79. The zero-order valence-corrected chi connectivity index (χ0v) is 14.2. The monoisotopic (exact) mass is 353 g/mol. The fraction of sp³-hybridized carbons (Fsp3) is 0.286. The van der Waals surface area contributed by atoms with Gasteiger partial charge in [-0.2, -0.15) is 0 Å². The van der Waals surface area contributed by atoms with Gasteiger partial charge in [-0.25, -0.2) is 4.79 Å². The number of benzene rings is 1. The van der Waals surface area contributed by atoms with E-state index in [1.165, 1.54) is 11.8 Å². The van der Waals surface area contributed by atoms with Crippen LogP contribution in [-0.4, -0.2) is 32.0 Å². The van der Waals surface area contributed by atoms with Gasteiger partial charge in [0.1, 0.15) is 0 Å². The Morgan fingerprint density at radius 1 is 1.43 bits per heavy atom. The van der Waals surface area contributed by atoms with Gasteiger partial charge in [-0.3, -0.25) is 10.1 Å². The Hall–Kier alpha value is -2.06. The van der Waals surface area contributed by atoms with E-state index in [-0.39, 0.29) is 0 Å². The lowest BCUT2D eigenvalue weighted by molar-refractivity contribution is -0.119. The summed E-state index contributed by atoms with van der Waals surface area (Å²) in [5, 5.41) is 11.0. The molecule has 3 amide bonds. The minimum Gasteiger partial charge on any atom is -0.351 e. The third-order valence-corrected chi connectivity index (χ3v) is 4.33. The Kier molecular flexibility index (Phi) is 5.62. The molecule has 1 heterocycles. The summed E-state index contributed by atoms with van der Waals surface area (Å²) in [4.78, 5) is 22.5. The van der Waals surface area contributed by atoms with Crippen molar-refractivity contribution in [3.05, 3.63) is 29.3 Å². The predicted molar refractivity (Wildman–Crippen MR) is 89.2 cm³/mol. The van der Waals surface area contributed by atoms with Crippen LogP contribution in [0.2, 0.25) is 5.02 Å². The van der Waals surface area contributed by atoms with E-state index in [1.54, 1.807) is 19.1 Å². The van der Waals surface area contributed by atoms with E-state index < -0.39 is 17.2 Å². The number of imide groups is 1. The van der Waals surface area contributed by atoms with Gasteiger partial charge >= 0.3 is 6.03 Å². The lowest BCUT2D eigenvalue weighted by Crippen LogP contribution is -2.39. The van der Waals surface area contributed by atoms with Crippen molar-refractivity contribution in [2.75, 3.05) is 0 Å². The molecule has 0 fully saturated rings. The molecule has 2 aromatic rings. The van der Waals surface area contributed by atoms with Gasteiger partial charge in [-0.1, -0.05) is 35.5 Å². The van der Waals surface area contributed by atoms with E-state index >= 15 is 0 Å². The number of amides is 3. The first-order chi connectivity index (χ1) is 10.9. The third-order valence-electron chi connectivity index (χ3n) is 3.01. The molecule has 0 spiro atoms. The summed E-state index contributed by atoms with van der Waals surface area (Å²) < 4.78 is 1.88. The number of aromatic nitrogens is 3. The number of primary amides is 1. The molecule has 122 valence electrons. The van der Waals surface area contributed by atoms with Crippen LogP contribution in [0.25, 0.3) is 11.4 Å². The average molecular weight is 354 g/mol. The van der Waals surface area contributed by atoms with Gasteiger partial charge in [0.25, 0.3) is 0 Å². The van der Waals surface area contributed by atoms with Crippen LogP contribution in [0.15, 0.2) is 29.4 Å². The molecule has 0 saturated carbocycles. The number of rotatable bonds is 5. The molecular weight excluding hydrogens is 338 g/mol. The molecule has 0 bridgehead atoms. The van der Waals surface area contributed by atoms with Crippen LogP contribution >= 0.6 is 23.4 Å². The number of urea groups is 1. The first kappa shape index (κ1) is 17.3. The Labute approximate surface area is 142 Å². The average Bonchev–Trinajstić information content (AvgIpc) is 2.89. The fourth-order valence-electron chi connectivity index (χ4n) is 1.94. The van der Waals surface area contributed by atoms with Crippen LogP contribution < -0.4 is 11.1 Å². The van der Waals surface area contributed by atoms with Crippen LogP contribution in [-0.2, 0) is 11.3 Å². The SMILES string of the molecule is CCn1c(S[C@@H](C)C(=O)NC(N)=O)nnc1-c1cccc(Cl)c1. The van der Waals surface area contributed by atoms with Crippen molar-refractivity contribution in [3.63, 3.8) is 0 Å². The zero-order valence-electron chi connectivity index (χ0n) is 12.6. The quantitative estimate of drug-likeness (QED) is 0.803. The van der Waals surface area contributed by atoms with Crippen LogP contribution in [0, 0.1) is 0 Å². The highest BCUT2D eigenvalue weighted by molar-refractivity contribution is 8.00.